The van der Waals surface area contributed by atoms with Gasteiger partial charge in [-0.25, -0.2) is 4.39 Å². The smallest absolute Gasteiger partial charge is 0.127 e. The number of benzene rings is 1. The van der Waals surface area contributed by atoms with Crippen molar-refractivity contribution in [2.45, 2.75) is 70.9 Å². The van der Waals surface area contributed by atoms with Gasteiger partial charge in [-0.05, 0) is 38.3 Å². The fourth-order valence-corrected chi connectivity index (χ4v) is 3.19. The van der Waals surface area contributed by atoms with Crippen molar-refractivity contribution in [2.75, 3.05) is 6.54 Å². The third-order valence-electron chi connectivity index (χ3n) is 4.52. The van der Waals surface area contributed by atoms with Crippen LogP contribution in [0.3, 0.4) is 0 Å². The summed E-state index contributed by atoms with van der Waals surface area (Å²) in [6.45, 7) is 7.53. The molecule has 1 aliphatic rings. The fraction of sp³-hybridized carbons (Fsp3) is 0.667. The van der Waals surface area contributed by atoms with Gasteiger partial charge in [0.25, 0.3) is 0 Å². The lowest BCUT2D eigenvalue weighted by Crippen LogP contribution is -2.44. The molecule has 1 N–H and O–H groups in total. The number of hydrogen-bond donors (Lipinski definition) is 1. The lowest BCUT2D eigenvalue weighted by molar-refractivity contribution is 0.0162. The topological polar surface area (TPSA) is 21.3 Å². The second kappa shape index (κ2) is 7.26. The van der Waals surface area contributed by atoms with Crippen LogP contribution in [-0.2, 0) is 0 Å². The Morgan fingerprint density at radius 3 is 2.76 bits per heavy atom. The molecule has 0 aliphatic carbocycles. The molecule has 2 atom stereocenters. The van der Waals surface area contributed by atoms with E-state index in [0.717, 1.165) is 56.4 Å². The van der Waals surface area contributed by atoms with Crippen molar-refractivity contribution in [1.82, 2.24) is 5.32 Å². The Kier molecular flexibility index (Phi) is 5.63. The lowest BCUT2D eigenvalue weighted by Gasteiger charge is -2.42. The molecule has 1 heterocycles. The first kappa shape index (κ1) is 16.3. The standard InChI is InChI=1S/C18H28FNO/c1-4-7-10-18(6-3)13-16(20-11-5-2)15-9-8-14(19)12-17(15)21-18/h8-9,12,16,20H,4-7,10-11,13H2,1-3H3. The summed E-state index contributed by atoms with van der Waals surface area (Å²) in [5.41, 5.74) is 0.952. The van der Waals surface area contributed by atoms with E-state index in [2.05, 4.69) is 26.1 Å². The van der Waals surface area contributed by atoms with E-state index in [1.165, 1.54) is 6.07 Å². The Morgan fingerprint density at radius 1 is 1.29 bits per heavy atom. The molecule has 2 nitrogen and oxygen atoms in total. The predicted octanol–water partition coefficient (Wildman–Crippen LogP) is 4.99. The summed E-state index contributed by atoms with van der Waals surface area (Å²) >= 11 is 0. The first-order valence-corrected chi connectivity index (χ1v) is 8.36. The molecule has 0 saturated heterocycles. The summed E-state index contributed by atoms with van der Waals surface area (Å²) in [6.07, 6.45) is 6.39. The Morgan fingerprint density at radius 2 is 2.10 bits per heavy atom. The van der Waals surface area contributed by atoms with Crippen LogP contribution in [-0.4, -0.2) is 12.1 Å². The molecule has 1 aromatic rings. The predicted molar refractivity (Wildman–Crippen MR) is 85.2 cm³/mol. The van der Waals surface area contributed by atoms with Crippen LogP contribution in [0.1, 0.15) is 70.9 Å². The Labute approximate surface area is 128 Å². The lowest BCUT2D eigenvalue weighted by atomic mass is 9.82. The average molecular weight is 293 g/mol. The Hall–Kier alpha value is -1.09. The van der Waals surface area contributed by atoms with E-state index in [0.29, 0.717) is 0 Å². The summed E-state index contributed by atoms with van der Waals surface area (Å²) in [7, 11) is 0. The van der Waals surface area contributed by atoms with Crippen LogP contribution in [0.25, 0.3) is 0 Å². The molecular weight excluding hydrogens is 265 g/mol. The zero-order chi connectivity index (χ0) is 15.3. The van der Waals surface area contributed by atoms with E-state index in [1.54, 1.807) is 6.07 Å². The van der Waals surface area contributed by atoms with Crippen LogP contribution in [0.2, 0.25) is 0 Å². The van der Waals surface area contributed by atoms with Crippen molar-refractivity contribution in [3.8, 4) is 5.75 Å². The summed E-state index contributed by atoms with van der Waals surface area (Å²) < 4.78 is 19.9. The molecule has 0 saturated carbocycles. The van der Waals surface area contributed by atoms with Crippen molar-refractivity contribution in [1.29, 1.82) is 0 Å². The molecule has 1 aromatic carbocycles. The largest absolute Gasteiger partial charge is 0.487 e. The van der Waals surface area contributed by atoms with Gasteiger partial charge in [0, 0.05) is 24.1 Å². The van der Waals surface area contributed by atoms with Gasteiger partial charge in [-0.15, -0.1) is 0 Å². The van der Waals surface area contributed by atoms with Crippen LogP contribution >= 0.6 is 0 Å². The first-order chi connectivity index (χ1) is 10.1. The van der Waals surface area contributed by atoms with E-state index in [-0.39, 0.29) is 17.5 Å². The number of nitrogens with one attached hydrogen (secondary N) is 1. The number of ether oxygens (including phenoxy) is 1. The summed E-state index contributed by atoms with van der Waals surface area (Å²) in [5, 5.41) is 3.61. The minimum Gasteiger partial charge on any atom is -0.487 e. The monoisotopic (exact) mass is 293 g/mol. The van der Waals surface area contributed by atoms with E-state index >= 15 is 0 Å². The van der Waals surface area contributed by atoms with E-state index in [4.69, 9.17) is 4.74 Å². The zero-order valence-corrected chi connectivity index (χ0v) is 13.5. The van der Waals surface area contributed by atoms with Gasteiger partial charge in [0.15, 0.2) is 0 Å². The number of fused-ring (bicyclic) bond motifs is 1. The van der Waals surface area contributed by atoms with Crippen LogP contribution in [0.5, 0.6) is 5.75 Å². The Bertz CT molecular complexity index is 463. The van der Waals surface area contributed by atoms with Crippen molar-refractivity contribution in [2.24, 2.45) is 0 Å². The van der Waals surface area contributed by atoms with E-state index in [1.807, 2.05) is 6.07 Å². The van der Waals surface area contributed by atoms with Gasteiger partial charge in [-0.1, -0.05) is 33.3 Å². The van der Waals surface area contributed by atoms with Crippen LogP contribution < -0.4 is 10.1 Å². The van der Waals surface area contributed by atoms with Gasteiger partial charge in [0.2, 0.25) is 0 Å². The maximum Gasteiger partial charge on any atom is 0.127 e. The highest BCUT2D eigenvalue weighted by Crippen LogP contribution is 2.43. The molecule has 0 aromatic heterocycles. The zero-order valence-electron chi connectivity index (χ0n) is 13.5. The van der Waals surface area contributed by atoms with Crippen LogP contribution in [0.4, 0.5) is 4.39 Å². The van der Waals surface area contributed by atoms with E-state index < -0.39 is 0 Å². The highest BCUT2D eigenvalue weighted by atomic mass is 19.1. The summed E-state index contributed by atoms with van der Waals surface area (Å²) in [4.78, 5) is 0. The highest BCUT2D eigenvalue weighted by Gasteiger charge is 2.39. The molecular formula is C18H28FNO. The second-order valence-electron chi connectivity index (χ2n) is 6.14. The number of halogens is 1. The first-order valence-electron chi connectivity index (χ1n) is 8.36. The van der Waals surface area contributed by atoms with Gasteiger partial charge in [-0.3, -0.25) is 0 Å². The van der Waals surface area contributed by atoms with Crippen molar-refractivity contribution in [3.63, 3.8) is 0 Å². The van der Waals surface area contributed by atoms with Gasteiger partial charge in [0.1, 0.15) is 17.2 Å². The third-order valence-corrected chi connectivity index (χ3v) is 4.52. The second-order valence-corrected chi connectivity index (χ2v) is 6.14. The van der Waals surface area contributed by atoms with Crippen LogP contribution in [0.15, 0.2) is 18.2 Å². The van der Waals surface area contributed by atoms with Crippen molar-refractivity contribution in [3.05, 3.63) is 29.6 Å². The number of hydrogen-bond acceptors (Lipinski definition) is 2. The van der Waals surface area contributed by atoms with Gasteiger partial charge < -0.3 is 10.1 Å². The van der Waals surface area contributed by atoms with Crippen LogP contribution in [0, 0.1) is 5.82 Å². The molecule has 0 bridgehead atoms. The number of unbranched alkanes of at least 4 members (excludes halogenated alkanes) is 1. The molecule has 0 fully saturated rings. The van der Waals surface area contributed by atoms with Crippen molar-refractivity contribution < 1.29 is 9.13 Å². The Balaban J connectivity index is 2.29. The SMILES string of the molecule is CCCCC1(CC)CC(NCCC)c2ccc(F)cc2O1. The summed E-state index contributed by atoms with van der Waals surface area (Å²) in [5.74, 6) is 0.512. The van der Waals surface area contributed by atoms with E-state index in [9.17, 15) is 4.39 Å². The molecule has 21 heavy (non-hydrogen) atoms. The van der Waals surface area contributed by atoms with Crippen molar-refractivity contribution >= 4 is 0 Å². The molecule has 0 radical (unpaired) electrons. The minimum atomic E-state index is -0.217. The fourth-order valence-electron chi connectivity index (χ4n) is 3.19. The van der Waals surface area contributed by atoms with Gasteiger partial charge in [-0.2, -0.15) is 0 Å². The molecule has 2 rings (SSSR count). The van der Waals surface area contributed by atoms with Gasteiger partial charge >= 0.3 is 0 Å². The molecule has 0 amide bonds. The maximum absolute atomic E-state index is 13.6. The minimum absolute atomic E-state index is 0.151. The maximum atomic E-state index is 13.6. The van der Waals surface area contributed by atoms with Gasteiger partial charge in [0.05, 0.1) is 0 Å². The number of rotatable bonds is 7. The summed E-state index contributed by atoms with van der Waals surface area (Å²) in [6, 6.07) is 5.22. The molecule has 0 spiro atoms. The third kappa shape index (κ3) is 3.76. The normalized spacial score (nSPS) is 24.5. The quantitative estimate of drug-likeness (QED) is 0.765. The highest BCUT2D eigenvalue weighted by molar-refractivity contribution is 5.39. The molecule has 3 heteroatoms. The molecule has 118 valence electrons. The molecule has 1 aliphatic heterocycles. The average Bonchev–Trinajstić information content (AvgIpc) is 2.50. The molecule has 2 unspecified atom stereocenters.